The SMILES string of the molecule is COc1ccc(OC)c(-c2csc(NC(=O)c3cn(Cc4ccccc4)nn3)n2)c1. The summed E-state index contributed by atoms with van der Waals surface area (Å²) in [6, 6.07) is 15.3. The molecule has 0 bridgehead atoms. The summed E-state index contributed by atoms with van der Waals surface area (Å²) >= 11 is 1.32. The van der Waals surface area contributed by atoms with Crippen molar-refractivity contribution in [3.05, 3.63) is 71.4 Å². The van der Waals surface area contributed by atoms with E-state index < -0.39 is 0 Å². The number of aromatic nitrogens is 4. The van der Waals surface area contributed by atoms with Gasteiger partial charge in [-0.25, -0.2) is 9.67 Å². The third kappa shape index (κ3) is 4.31. The first kappa shape index (κ1) is 19.6. The zero-order valence-electron chi connectivity index (χ0n) is 16.4. The van der Waals surface area contributed by atoms with Gasteiger partial charge in [0.2, 0.25) is 0 Å². The molecule has 1 amide bonds. The molecule has 2 aromatic heterocycles. The molecular weight excluding hydrogens is 402 g/mol. The van der Waals surface area contributed by atoms with Crippen molar-refractivity contribution >= 4 is 22.4 Å². The van der Waals surface area contributed by atoms with Crippen molar-refractivity contribution in [2.24, 2.45) is 0 Å². The lowest BCUT2D eigenvalue weighted by Crippen LogP contribution is -2.12. The van der Waals surface area contributed by atoms with Gasteiger partial charge >= 0.3 is 0 Å². The van der Waals surface area contributed by atoms with Gasteiger partial charge in [0.1, 0.15) is 11.5 Å². The van der Waals surface area contributed by atoms with Gasteiger partial charge in [0.15, 0.2) is 10.8 Å². The Kier molecular flexibility index (Phi) is 5.71. The Bertz CT molecular complexity index is 1160. The molecule has 0 fully saturated rings. The number of anilines is 1. The molecule has 8 nitrogen and oxygen atoms in total. The topological polar surface area (TPSA) is 91.2 Å². The van der Waals surface area contributed by atoms with E-state index >= 15 is 0 Å². The van der Waals surface area contributed by atoms with Crippen LogP contribution in [-0.4, -0.2) is 40.1 Å². The minimum absolute atomic E-state index is 0.224. The third-order valence-electron chi connectivity index (χ3n) is 4.37. The summed E-state index contributed by atoms with van der Waals surface area (Å²) in [6.07, 6.45) is 1.61. The van der Waals surface area contributed by atoms with Crippen molar-refractivity contribution < 1.29 is 14.3 Å². The Morgan fingerprint density at radius 2 is 1.97 bits per heavy atom. The van der Waals surface area contributed by atoms with E-state index in [0.29, 0.717) is 28.9 Å². The third-order valence-corrected chi connectivity index (χ3v) is 5.12. The number of rotatable bonds is 7. The smallest absolute Gasteiger partial charge is 0.279 e. The molecule has 0 saturated heterocycles. The van der Waals surface area contributed by atoms with Crippen molar-refractivity contribution in [1.29, 1.82) is 0 Å². The molecule has 0 radical (unpaired) electrons. The first-order valence-corrected chi connectivity index (χ1v) is 9.97. The minimum Gasteiger partial charge on any atom is -0.497 e. The molecule has 0 aliphatic heterocycles. The van der Waals surface area contributed by atoms with E-state index in [1.54, 1.807) is 25.1 Å². The molecule has 1 N–H and O–H groups in total. The van der Waals surface area contributed by atoms with Crippen molar-refractivity contribution in [2.75, 3.05) is 19.5 Å². The van der Waals surface area contributed by atoms with Crippen molar-refractivity contribution in [1.82, 2.24) is 20.0 Å². The summed E-state index contributed by atoms with van der Waals surface area (Å²) in [7, 11) is 3.20. The lowest BCUT2D eigenvalue weighted by atomic mass is 10.1. The molecule has 2 aromatic carbocycles. The summed E-state index contributed by atoms with van der Waals surface area (Å²) in [5.74, 6) is 0.995. The van der Waals surface area contributed by atoms with E-state index in [-0.39, 0.29) is 11.6 Å². The van der Waals surface area contributed by atoms with Crippen molar-refractivity contribution in [3.63, 3.8) is 0 Å². The second-order valence-corrected chi connectivity index (χ2v) is 7.20. The fourth-order valence-electron chi connectivity index (χ4n) is 2.88. The van der Waals surface area contributed by atoms with Gasteiger partial charge in [-0.05, 0) is 23.8 Å². The Labute approximate surface area is 177 Å². The highest BCUT2D eigenvalue weighted by Gasteiger charge is 2.16. The van der Waals surface area contributed by atoms with E-state index in [4.69, 9.17) is 9.47 Å². The van der Waals surface area contributed by atoms with Gasteiger partial charge in [-0.15, -0.1) is 16.4 Å². The highest BCUT2D eigenvalue weighted by Crippen LogP contribution is 2.35. The highest BCUT2D eigenvalue weighted by atomic mass is 32.1. The predicted molar refractivity (Wildman–Crippen MR) is 114 cm³/mol. The monoisotopic (exact) mass is 421 g/mol. The van der Waals surface area contributed by atoms with Crippen LogP contribution >= 0.6 is 11.3 Å². The molecule has 9 heteroatoms. The second kappa shape index (κ2) is 8.75. The Morgan fingerprint density at radius 3 is 2.73 bits per heavy atom. The first-order valence-electron chi connectivity index (χ1n) is 9.09. The maximum absolute atomic E-state index is 12.5. The van der Waals surface area contributed by atoms with E-state index in [0.717, 1.165) is 11.1 Å². The number of hydrogen-bond acceptors (Lipinski definition) is 7. The Balaban J connectivity index is 1.47. The van der Waals surface area contributed by atoms with Gasteiger partial charge in [0, 0.05) is 10.9 Å². The van der Waals surface area contributed by atoms with Crippen molar-refractivity contribution in [2.45, 2.75) is 6.54 Å². The van der Waals surface area contributed by atoms with Crippen LogP contribution in [0.4, 0.5) is 5.13 Å². The first-order chi connectivity index (χ1) is 14.7. The molecule has 0 aliphatic carbocycles. The number of nitrogens with one attached hydrogen (secondary N) is 1. The summed E-state index contributed by atoms with van der Waals surface area (Å²) < 4.78 is 12.3. The molecule has 0 aliphatic rings. The number of methoxy groups -OCH3 is 2. The van der Waals surface area contributed by atoms with Gasteiger partial charge in [0.05, 0.1) is 32.7 Å². The summed E-state index contributed by atoms with van der Waals surface area (Å²) in [4.78, 5) is 17.0. The van der Waals surface area contributed by atoms with E-state index in [1.807, 2.05) is 53.9 Å². The Morgan fingerprint density at radius 1 is 1.13 bits per heavy atom. The van der Waals surface area contributed by atoms with Gasteiger partial charge < -0.3 is 9.47 Å². The van der Waals surface area contributed by atoms with Crippen molar-refractivity contribution in [3.8, 4) is 22.8 Å². The van der Waals surface area contributed by atoms with Crippen LogP contribution in [-0.2, 0) is 6.54 Å². The average Bonchev–Trinajstić information content (AvgIpc) is 3.44. The summed E-state index contributed by atoms with van der Waals surface area (Å²) in [5.41, 5.74) is 2.76. The lowest BCUT2D eigenvalue weighted by Gasteiger charge is -2.08. The molecule has 4 aromatic rings. The normalized spacial score (nSPS) is 10.6. The predicted octanol–water partition coefficient (Wildman–Crippen LogP) is 3.72. The maximum Gasteiger partial charge on any atom is 0.279 e. The van der Waals surface area contributed by atoms with Crippen LogP contribution < -0.4 is 14.8 Å². The Hall–Kier alpha value is -3.72. The van der Waals surface area contributed by atoms with Crippen LogP contribution in [0.1, 0.15) is 16.1 Å². The van der Waals surface area contributed by atoms with Crippen LogP contribution in [0.2, 0.25) is 0 Å². The van der Waals surface area contributed by atoms with E-state index in [2.05, 4.69) is 20.6 Å². The molecular formula is C21H19N5O3S. The maximum atomic E-state index is 12.5. The van der Waals surface area contributed by atoms with Gasteiger partial charge in [0.25, 0.3) is 5.91 Å². The average molecular weight is 421 g/mol. The van der Waals surface area contributed by atoms with E-state index in [9.17, 15) is 4.79 Å². The van der Waals surface area contributed by atoms with Gasteiger partial charge in [-0.3, -0.25) is 10.1 Å². The van der Waals surface area contributed by atoms with Crippen LogP contribution in [0.5, 0.6) is 11.5 Å². The fourth-order valence-corrected chi connectivity index (χ4v) is 3.59. The number of hydrogen-bond donors (Lipinski definition) is 1. The molecule has 4 rings (SSSR count). The number of ether oxygens (including phenoxy) is 2. The number of benzene rings is 2. The number of nitrogens with zero attached hydrogens (tertiary/aromatic N) is 4. The molecule has 0 saturated carbocycles. The number of carbonyl (C=O) groups is 1. The van der Waals surface area contributed by atoms with Gasteiger partial charge in [-0.2, -0.15) is 0 Å². The number of thiazole rings is 1. The second-order valence-electron chi connectivity index (χ2n) is 6.35. The lowest BCUT2D eigenvalue weighted by molar-refractivity contribution is 0.102. The largest absolute Gasteiger partial charge is 0.497 e. The zero-order chi connectivity index (χ0) is 20.9. The standard InChI is InChI=1S/C21H19N5O3S/c1-28-15-8-9-19(29-2)16(10-15)18-13-30-21(22-18)23-20(27)17-12-26(25-24-17)11-14-6-4-3-5-7-14/h3-10,12-13H,11H2,1-2H3,(H,22,23,27). The molecule has 0 atom stereocenters. The molecule has 2 heterocycles. The van der Waals surface area contributed by atoms with Crippen LogP contribution in [0.25, 0.3) is 11.3 Å². The molecule has 30 heavy (non-hydrogen) atoms. The van der Waals surface area contributed by atoms with Crippen LogP contribution in [0, 0.1) is 0 Å². The zero-order valence-corrected chi connectivity index (χ0v) is 17.2. The number of carbonyl (C=O) groups excluding carboxylic acids is 1. The van der Waals surface area contributed by atoms with Crippen LogP contribution in [0.3, 0.4) is 0 Å². The fraction of sp³-hybridized carbons (Fsp3) is 0.143. The number of amides is 1. The highest BCUT2D eigenvalue weighted by molar-refractivity contribution is 7.14. The van der Waals surface area contributed by atoms with Gasteiger partial charge in [-0.1, -0.05) is 35.5 Å². The van der Waals surface area contributed by atoms with E-state index in [1.165, 1.54) is 11.3 Å². The summed E-state index contributed by atoms with van der Waals surface area (Å²) in [5, 5.41) is 13.1. The quantitative estimate of drug-likeness (QED) is 0.489. The molecule has 0 unspecified atom stereocenters. The molecule has 152 valence electrons. The van der Waals surface area contributed by atoms with Crippen LogP contribution in [0.15, 0.2) is 60.1 Å². The molecule has 0 spiro atoms. The summed E-state index contributed by atoms with van der Waals surface area (Å²) in [6.45, 7) is 0.540. The minimum atomic E-state index is -0.368.